The van der Waals surface area contributed by atoms with Gasteiger partial charge in [0, 0.05) is 12.8 Å². The maximum atomic E-state index is 11.7. The molecule has 4 N–H and O–H groups in total. The Bertz CT molecular complexity index is 532. The quantitative estimate of drug-likeness (QED) is 0.105. The first kappa shape index (κ1) is 31.0. The van der Waals surface area contributed by atoms with E-state index in [1.165, 1.54) is 64.2 Å². The molecule has 32 heavy (non-hydrogen) atoms. The highest BCUT2D eigenvalue weighted by atomic mass is 31.2. The van der Waals surface area contributed by atoms with Crippen LogP contribution < -0.4 is 5.73 Å². The van der Waals surface area contributed by atoms with Gasteiger partial charge in [0.1, 0.15) is 6.04 Å². The number of ether oxygens (including phenoxy) is 1. The molecule has 190 valence electrons. The van der Waals surface area contributed by atoms with E-state index in [1.807, 2.05) is 0 Å². The molecule has 0 saturated carbocycles. The Balaban J connectivity index is 3.45. The first-order valence-corrected chi connectivity index (χ1v) is 13.5. The zero-order valence-electron chi connectivity index (χ0n) is 19.7. The van der Waals surface area contributed by atoms with Gasteiger partial charge in [0.2, 0.25) is 0 Å². The maximum Gasteiger partial charge on any atom is 0.472 e. The van der Waals surface area contributed by atoms with Crippen LogP contribution in [0.5, 0.6) is 0 Å². The van der Waals surface area contributed by atoms with Crippen molar-refractivity contribution < 1.29 is 37.9 Å². The number of aliphatic carboxylic acids is 1. The number of rotatable bonds is 23. The predicted octanol–water partition coefficient (Wildman–Crippen LogP) is 4.95. The number of phosphoric ester groups is 1. The summed E-state index contributed by atoms with van der Waals surface area (Å²) in [6.45, 7) is 1.51. The molecule has 0 fully saturated rings. The second-order valence-electron chi connectivity index (χ2n) is 8.11. The van der Waals surface area contributed by atoms with Crippen LogP contribution in [0.4, 0.5) is 0 Å². The average Bonchev–Trinajstić information content (AvgIpc) is 2.75. The molecule has 0 heterocycles. The molecule has 0 spiro atoms. The van der Waals surface area contributed by atoms with Crippen LogP contribution in [0.2, 0.25) is 0 Å². The first-order valence-electron chi connectivity index (χ1n) is 12.0. The molecule has 0 aromatic heterocycles. The molecule has 0 aliphatic carbocycles. The third kappa shape index (κ3) is 20.9. The third-order valence-electron chi connectivity index (χ3n) is 5.03. The zero-order valence-corrected chi connectivity index (χ0v) is 20.6. The number of carboxylic acid groups (broad SMARTS) is 1. The second kappa shape index (κ2) is 20.6. The summed E-state index contributed by atoms with van der Waals surface area (Å²) in [5.41, 5.74) is 5.17. The summed E-state index contributed by atoms with van der Waals surface area (Å²) >= 11 is 0. The summed E-state index contributed by atoms with van der Waals surface area (Å²) in [6.07, 6.45) is 16.8. The van der Waals surface area contributed by atoms with Gasteiger partial charge in [0.15, 0.2) is 0 Å². The number of carbonyl (C=O) groups excluding carboxylic acids is 1. The summed E-state index contributed by atoms with van der Waals surface area (Å²) < 4.78 is 25.8. The van der Waals surface area contributed by atoms with Crippen molar-refractivity contribution in [3.8, 4) is 0 Å². The summed E-state index contributed by atoms with van der Waals surface area (Å²) in [5.74, 6) is -1.63. The van der Waals surface area contributed by atoms with Crippen LogP contribution in [0.3, 0.4) is 0 Å². The second-order valence-corrected chi connectivity index (χ2v) is 9.56. The lowest BCUT2D eigenvalue weighted by Gasteiger charge is -2.13. The van der Waals surface area contributed by atoms with Crippen molar-refractivity contribution in [2.45, 2.75) is 109 Å². The molecule has 0 aromatic rings. The molecular formula is C22H44NO8P. The summed E-state index contributed by atoms with van der Waals surface area (Å²) in [4.78, 5) is 31.6. The van der Waals surface area contributed by atoms with Crippen LogP contribution in [0, 0.1) is 0 Å². The smallest absolute Gasteiger partial charge is 0.472 e. The van der Waals surface area contributed by atoms with Crippen LogP contribution in [-0.4, -0.2) is 47.8 Å². The molecule has 0 bridgehead atoms. The Morgan fingerprint density at radius 2 is 1.31 bits per heavy atom. The van der Waals surface area contributed by atoms with Crippen molar-refractivity contribution in [1.82, 2.24) is 0 Å². The summed E-state index contributed by atoms with van der Waals surface area (Å²) in [6, 6.07) is -1.41. The number of carboxylic acids is 1. The highest BCUT2D eigenvalue weighted by Crippen LogP contribution is 2.43. The Hall–Kier alpha value is -0.990. The van der Waals surface area contributed by atoms with Gasteiger partial charge in [0.05, 0.1) is 19.8 Å². The van der Waals surface area contributed by atoms with E-state index in [9.17, 15) is 19.0 Å². The monoisotopic (exact) mass is 481 g/mol. The number of phosphoric acid groups is 1. The van der Waals surface area contributed by atoms with Crippen molar-refractivity contribution in [3.63, 3.8) is 0 Å². The van der Waals surface area contributed by atoms with Crippen LogP contribution >= 0.6 is 7.82 Å². The van der Waals surface area contributed by atoms with Gasteiger partial charge in [-0.1, -0.05) is 84.0 Å². The van der Waals surface area contributed by atoms with E-state index in [-0.39, 0.29) is 25.6 Å². The van der Waals surface area contributed by atoms with E-state index in [1.54, 1.807) is 0 Å². The van der Waals surface area contributed by atoms with E-state index >= 15 is 0 Å². The molecule has 0 aliphatic rings. The largest absolute Gasteiger partial charge is 0.480 e. The topological polar surface area (TPSA) is 145 Å². The van der Waals surface area contributed by atoms with E-state index in [0.29, 0.717) is 6.42 Å². The summed E-state index contributed by atoms with van der Waals surface area (Å²) in [7, 11) is -4.38. The van der Waals surface area contributed by atoms with E-state index in [2.05, 4.69) is 16.0 Å². The Morgan fingerprint density at radius 1 is 0.812 bits per heavy atom. The number of nitrogens with two attached hydrogens (primary N) is 1. The maximum absolute atomic E-state index is 11.7. The lowest BCUT2D eigenvalue weighted by atomic mass is 10.0. The van der Waals surface area contributed by atoms with Gasteiger partial charge in [-0.15, -0.1) is 0 Å². The fourth-order valence-electron chi connectivity index (χ4n) is 3.07. The minimum absolute atomic E-state index is 0.0753. The molecule has 0 aromatic carbocycles. The number of unbranched alkanes of at least 4 members (excludes halogenated alkanes) is 12. The van der Waals surface area contributed by atoms with E-state index < -0.39 is 26.4 Å². The third-order valence-corrected chi connectivity index (χ3v) is 6.01. The first-order chi connectivity index (χ1) is 15.3. The van der Waals surface area contributed by atoms with Gasteiger partial charge in [-0.3, -0.25) is 18.6 Å². The van der Waals surface area contributed by atoms with Crippen molar-refractivity contribution in [2.24, 2.45) is 5.73 Å². The van der Waals surface area contributed by atoms with Crippen molar-refractivity contribution in [2.75, 3.05) is 19.8 Å². The molecule has 0 amide bonds. The molecule has 2 atom stereocenters. The molecule has 0 saturated heterocycles. The lowest BCUT2D eigenvalue weighted by molar-refractivity contribution is -0.144. The number of carbonyl (C=O) groups is 2. The fraction of sp³-hybridized carbons (Fsp3) is 0.909. The Labute approximate surface area is 193 Å². The van der Waals surface area contributed by atoms with Crippen LogP contribution in [-0.2, 0) is 27.9 Å². The number of esters is 1. The van der Waals surface area contributed by atoms with Gasteiger partial charge in [0.25, 0.3) is 0 Å². The highest BCUT2D eigenvalue weighted by molar-refractivity contribution is 7.47. The fourth-order valence-corrected chi connectivity index (χ4v) is 3.85. The molecular weight excluding hydrogens is 437 g/mol. The SMILES string of the molecule is CCCCCCCCCCCCCCCC(=O)OCCCOP(=O)(O)OC[C@@H](N)C(=O)O. The number of hydrogen-bond acceptors (Lipinski definition) is 7. The van der Waals surface area contributed by atoms with Crippen LogP contribution in [0.25, 0.3) is 0 Å². The minimum Gasteiger partial charge on any atom is -0.480 e. The number of hydrogen-bond donors (Lipinski definition) is 3. The molecule has 0 aliphatic heterocycles. The van der Waals surface area contributed by atoms with E-state index in [4.69, 9.17) is 15.6 Å². The molecule has 0 rings (SSSR count). The summed E-state index contributed by atoms with van der Waals surface area (Å²) in [5, 5.41) is 8.58. The van der Waals surface area contributed by atoms with Gasteiger partial charge in [-0.25, -0.2) is 4.57 Å². The van der Waals surface area contributed by atoms with Gasteiger partial charge < -0.3 is 20.5 Å². The van der Waals surface area contributed by atoms with Crippen LogP contribution in [0.15, 0.2) is 0 Å². The Morgan fingerprint density at radius 3 is 1.81 bits per heavy atom. The normalized spacial score (nSPS) is 14.1. The lowest BCUT2D eigenvalue weighted by Crippen LogP contribution is -2.34. The minimum atomic E-state index is -4.38. The van der Waals surface area contributed by atoms with Crippen molar-refractivity contribution >= 4 is 19.8 Å². The van der Waals surface area contributed by atoms with Crippen molar-refractivity contribution in [1.29, 1.82) is 0 Å². The van der Waals surface area contributed by atoms with Crippen LogP contribution in [0.1, 0.15) is 103 Å². The molecule has 10 heteroatoms. The van der Waals surface area contributed by atoms with Gasteiger partial charge in [-0.05, 0) is 6.42 Å². The zero-order chi connectivity index (χ0) is 24.1. The van der Waals surface area contributed by atoms with E-state index in [0.717, 1.165) is 19.3 Å². The van der Waals surface area contributed by atoms with Gasteiger partial charge in [-0.2, -0.15) is 0 Å². The Kier molecular flexibility index (Phi) is 20.0. The molecule has 0 radical (unpaired) electrons. The predicted molar refractivity (Wildman–Crippen MR) is 123 cm³/mol. The molecule has 1 unspecified atom stereocenters. The average molecular weight is 482 g/mol. The molecule has 9 nitrogen and oxygen atoms in total. The van der Waals surface area contributed by atoms with Crippen molar-refractivity contribution in [3.05, 3.63) is 0 Å². The standard InChI is InChI=1S/C22H44NO8P/c1-2-3-4-5-6-7-8-9-10-11-12-13-14-16-21(24)29-17-15-18-30-32(27,28)31-19-20(23)22(25)26/h20H,2-19,23H2,1H3,(H,25,26)(H,27,28)/t20-/m1/s1. The van der Waals surface area contributed by atoms with Gasteiger partial charge >= 0.3 is 19.8 Å². The highest BCUT2D eigenvalue weighted by Gasteiger charge is 2.24.